The van der Waals surface area contributed by atoms with E-state index in [4.69, 9.17) is 4.98 Å². The Hall–Kier alpha value is -2.55. The molecule has 2 atom stereocenters. The molecule has 162 valence electrons. The first-order chi connectivity index (χ1) is 14.9. The van der Waals surface area contributed by atoms with Crippen LogP contribution in [0.2, 0.25) is 0 Å². The molecule has 5 rings (SSSR count). The van der Waals surface area contributed by atoms with Gasteiger partial charge in [0.25, 0.3) is 0 Å². The minimum Gasteiger partial charge on any atom is -0.391 e. The second kappa shape index (κ2) is 7.85. The van der Waals surface area contributed by atoms with E-state index in [1.807, 2.05) is 16.7 Å². The van der Waals surface area contributed by atoms with Gasteiger partial charge in [-0.2, -0.15) is 0 Å². The summed E-state index contributed by atoms with van der Waals surface area (Å²) in [4.78, 5) is 13.7. The molecule has 31 heavy (non-hydrogen) atoms. The van der Waals surface area contributed by atoms with E-state index in [9.17, 15) is 10.2 Å². The number of hydrogen-bond donors (Lipinski definition) is 3. The Labute approximate surface area is 184 Å². The molecule has 0 aliphatic heterocycles. The number of imidazole rings is 1. The third kappa shape index (κ3) is 4.15. The lowest BCUT2D eigenvalue weighted by Crippen LogP contribution is -2.36. The first-order valence-electron chi connectivity index (χ1n) is 10.7. The lowest BCUT2D eigenvalue weighted by Gasteiger charge is -2.27. The minimum atomic E-state index is -0.943. The van der Waals surface area contributed by atoms with Crippen molar-refractivity contribution in [2.75, 3.05) is 5.32 Å². The number of benzene rings is 1. The van der Waals surface area contributed by atoms with Crippen LogP contribution in [0.15, 0.2) is 36.8 Å². The lowest BCUT2D eigenvalue weighted by atomic mass is 9.93. The van der Waals surface area contributed by atoms with E-state index in [1.165, 1.54) is 0 Å². The number of nitrogens with zero attached hydrogens (tertiary/aromatic N) is 4. The zero-order chi connectivity index (χ0) is 21.6. The van der Waals surface area contributed by atoms with Crippen molar-refractivity contribution in [1.29, 1.82) is 0 Å². The first-order valence-corrected chi connectivity index (χ1v) is 11.6. The van der Waals surface area contributed by atoms with Crippen molar-refractivity contribution in [2.45, 2.75) is 63.8 Å². The number of nitrogens with one attached hydrogen (secondary N) is 1. The molecule has 1 aliphatic rings. The molecular formula is C23H27N5O2S. The highest BCUT2D eigenvalue weighted by Gasteiger charge is 2.24. The molecule has 3 heterocycles. The summed E-state index contributed by atoms with van der Waals surface area (Å²) in [5.74, 6) is 0. The van der Waals surface area contributed by atoms with Gasteiger partial charge in [0.05, 0.1) is 40.8 Å². The van der Waals surface area contributed by atoms with Gasteiger partial charge in [0.1, 0.15) is 5.52 Å². The number of aliphatic hydroxyl groups excluding tert-OH is 1. The summed E-state index contributed by atoms with van der Waals surface area (Å²) in [5.41, 5.74) is 3.49. The van der Waals surface area contributed by atoms with Crippen LogP contribution < -0.4 is 5.32 Å². The van der Waals surface area contributed by atoms with E-state index in [-0.39, 0.29) is 12.1 Å². The largest absolute Gasteiger partial charge is 0.391 e. The average Bonchev–Trinajstić information content (AvgIpc) is 3.32. The Morgan fingerprint density at radius 2 is 2.00 bits per heavy atom. The molecule has 3 aromatic heterocycles. The van der Waals surface area contributed by atoms with Crippen LogP contribution in [-0.4, -0.2) is 41.9 Å². The molecule has 3 N–H and O–H groups in total. The highest BCUT2D eigenvalue weighted by molar-refractivity contribution is 7.22. The topological polar surface area (TPSA) is 96.1 Å². The van der Waals surface area contributed by atoms with Gasteiger partial charge in [0.15, 0.2) is 10.8 Å². The predicted octanol–water partition coefficient (Wildman–Crippen LogP) is 4.03. The fourth-order valence-electron chi connectivity index (χ4n) is 4.16. The Morgan fingerprint density at radius 1 is 1.16 bits per heavy atom. The molecule has 1 saturated carbocycles. The third-order valence-corrected chi connectivity index (χ3v) is 6.96. The summed E-state index contributed by atoms with van der Waals surface area (Å²) in [7, 11) is 0. The molecule has 1 fully saturated rings. The van der Waals surface area contributed by atoms with Gasteiger partial charge in [-0.25, -0.2) is 15.0 Å². The highest BCUT2D eigenvalue weighted by Crippen LogP contribution is 2.30. The van der Waals surface area contributed by atoms with Gasteiger partial charge >= 0.3 is 0 Å². The van der Waals surface area contributed by atoms with Crippen LogP contribution in [0.5, 0.6) is 0 Å². The molecular weight excluding hydrogens is 410 g/mol. The van der Waals surface area contributed by atoms with Crippen LogP contribution in [0, 0.1) is 0 Å². The predicted molar refractivity (Wildman–Crippen MR) is 123 cm³/mol. The van der Waals surface area contributed by atoms with Gasteiger partial charge in [0.2, 0.25) is 0 Å². The summed E-state index contributed by atoms with van der Waals surface area (Å²) in [5, 5.41) is 24.7. The summed E-state index contributed by atoms with van der Waals surface area (Å²) in [6, 6.07) is 8.27. The molecule has 0 amide bonds. The fraction of sp³-hybridized carbons (Fsp3) is 0.435. The van der Waals surface area contributed by atoms with E-state index in [1.54, 1.807) is 37.7 Å². The highest BCUT2D eigenvalue weighted by atomic mass is 32.1. The monoisotopic (exact) mass is 437 g/mol. The summed E-state index contributed by atoms with van der Waals surface area (Å²) in [6.07, 6.45) is 7.29. The summed E-state index contributed by atoms with van der Waals surface area (Å²) >= 11 is 1.63. The molecule has 0 spiro atoms. The maximum Gasteiger partial charge on any atom is 0.184 e. The van der Waals surface area contributed by atoms with Crippen LogP contribution in [0.4, 0.5) is 5.13 Å². The Balaban J connectivity index is 1.37. The van der Waals surface area contributed by atoms with Crippen LogP contribution >= 0.6 is 11.3 Å². The standard InChI is InChI=1S/C23H27N5O2S/c1-23(2,30)15-10-18-21(24-11-15)28(13-25-18)12-14-7-8-17-20(9-14)31-22(27-17)26-16-5-3-4-6-19(16)29/h7-11,13,16,19,29-30H,3-6,12H2,1-2H3,(H,26,27)/t16-,19-/m1/s1. The van der Waals surface area contributed by atoms with Crippen molar-refractivity contribution in [3.63, 3.8) is 0 Å². The summed E-state index contributed by atoms with van der Waals surface area (Å²) in [6.45, 7) is 4.15. The number of aliphatic hydroxyl groups is 2. The van der Waals surface area contributed by atoms with Crippen molar-refractivity contribution >= 4 is 37.8 Å². The Kier molecular flexibility index (Phi) is 5.16. The van der Waals surface area contributed by atoms with Gasteiger partial charge in [-0.05, 0) is 50.5 Å². The van der Waals surface area contributed by atoms with Crippen molar-refractivity contribution in [1.82, 2.24) is 19.5 Å². The van der Waals surface area contributed by atoms with Gasteiger partial charge in [0, 0.05) is 11.8 Å². The molecule has 0 radical (unpaired) electrons. The maximum atomic E-state index is 10.2. The smallest absolute Gasteiger partial charge is 0.184 e. The molecule has 0 unspecified atom stereocenters. The molecule has 7 nitrogen and oxygen atoms in total. The second-order valence-electron chi connectivity index (χ2n) is 8.92. The van der Waals surface area contributed by atoms with E-state index < -0.39 is 5.60 Å². The van der Waals surface area contributed by atoms with E-state index >= 15 is 0 Å². The maximum absolute atomic E-state index is 10.2. The SMILES string of the molecule is CC(C)(O)c1cnc2c(c1)ncn2Cc1ccc2nc(N[C@@H]3CCCC[C@H]3O)sc2c1. The summed E-state index contributed by atoms with van der Waals surface area (Å²) < 4.78 is 3.13. The molecule has 1 aromatic carbocycles. The zero-order valence-corrected chi connectivity index (χ0v) is 18.6. The number of aromatic nitrogens is 4. The van der Waals surface area contributed by atoms with Crippen LogP contribution in [-0.2, 0) is 12.1 Å². The fourth-order valence-corrected chi connectivity index (χ4v) is 5.15. The van der Waals surface area contributed by atoms with E-state index in [2.05, 4.69) is 27.4 Å². The van der Waals surface area contributed by atoms with E-state index in [0.717, 1.165) is 63.3 Å². The Morgan fingerprint density at radius 3 is 2.81 bits per heavy atom. The number of fused-ring (bicyclic) bond motifs is 2. The molecule has 1 aliphatic carbocycles. The van der Waals surface area contributed by atoms with Crippen molar-refractivity contribution in [2.24, 2.45) is 0 Å². The quantitative estimate of drug-likeness (QED) is 0.436. The number of thiazole rings is 1. The van der Waals surface area contributed by atoms with Gasteiger partial charge < -0.3 is 20.1 Å². The third-order valence-electron chi connectivity index (χ3n) is 6.01. The molecule has 4 aromatic rings. The number of rotatable bonds is 5. The second-order valence-corrected chi connectivity index (χ2v) is 9.95. The van der Waals surface area contributed by atoms with Crippen LogP contribution in [0.1, 0.15) is 50.7 Å². The number of hydrogen-bond acceptors (Lipinski definition) is 7. The normalized spacial score (nSPS) is 19.9. The lowest BCUT2D eigenvalue weighted by molar-refractivity contribution is 0.0784. The van der Waals surface area contributed by atoms with Gasteiger partial charge in [-0.15, -0.1) is 0 Å². The average molecular weight is 438 g/mol. The van der Waals surface area contributed by atoms with Crippen LogP contribution in [0.3, 0.4) is 0 Å². The van der Waals surface area contributed by atoms with E-state index in [0.29, 0.717) is 6.54 Å². The molecule has 8 heteroatoms. The van der Waals surface area contributed by atoms with Gasteiger partial charge in [-0.3, -0.25) is 0 Å². The molecule has 0 saturated heterocycles. The van der Waals surface area contributed by atoms with Crippen molar-refractivity contribution in [3.8, 4) is 0 Å². The zero-order valence-electron chi connectivity index (χ0n) is 17.7. The van der Waals surface area contributed by atoms with Crippen molar-refractivity contribution in [3.05, 3.63) is 47.9 Å². The van der Waals surface area contributed by atoms with Crippen LogP contribution in [0.25, 0.3) is 21.4 Å². The first kappa shape index (κ1) is 20.4. The minimum absolute atomic E-state index is 0.0889. The Bertz CT molecular complexity index is 1230. The van der Waals surface area contributed by atoms with Gasteiger partial charge in [-0.1, -0.05) is 30.2 Å². The molecule has 0 bridgehead atoms. The number of pyridine rings is 1. The number of anilines is 1. The van der Waals surface area contributed by atoms with Crippen molar-refractivity contribution < 1.29 is 10.2 Å².